The molecule has 0 atom stereocenters. The van der Waals surface area contributed by atoms with Crippen LogP contribution >= 0.6 is 15.9 Å². The number of methoxy groups -OCH3 is 1. The largest absolute Gasteiger partial charge is 0.497 e. The van der Waals surface area contributed by atoms with Crippen LogP contribution in [0.15, 0.2) is 65.5 Å². The van der Waals surface area contributed by atoms with Crippen LogP contribution in [0.25, 0.3) is 5.52 Å². The van der Waals surface area contributed by atoms with E-state index in [0.717, 1.165) is 22.8 Å². The quantitative estimate of drug-likeness (QED) is 0.362. The van der Waals surface area contributed by atoms with Gasteiger partial charge in [-0.15, -0.1) is 0 Å². The smallest absolute Gasteiger partial charge is 0.418 e. The third-order valence-corrected chi connectivity index (χ3v) is 5.77. The number of benzene rings is 2. The molecule has 0 fully saturated rings. The number of alkyl halides is 3. The molecule has 4 aromatic rings. The second kappa shape index (κ2) is 9.40. The number of halogens is 4. The number of nitrogens with zero attached hydrogens (tertiary/aromatic N) is 4. The van der Waals surface area contributed by atoms with Crippen LogP contribution in [-0.4, -0.2) is 26.8 Å². The highest BCUT2D eigenvalue weighted by atomic mass is 79.9. The van der Waals surface area contributed by atoms with E-state index in [1.165, 1.54) is 10.8 Å². The molecule has 2 aromatic heterocycles. The summed E-state index contributed by atoms with van der Waals surface area (Å²) < 4.78 is 48.1. The Bertz CT molecular complexity index is 1190. The number of hydrogen-bond donors (Lipinski definition) is 1. The molecule has 1 N–H and O–H groups in total. The van der Waals surface area contributed by atoms with Crippen molar-refractivity contribution in [1.82, 2.24) is 14.6 Å². The van der Waals surface area contributed by atoms with E-state index < -0.39 is 11.7 Å². The molecule has 0 aliphatic carbocycles. The van der Waals surface area contributed by atoms with Crippen LogP contribution in [-0.2, 0) is 25.9 Å². The molecule has 0 bridgehead atoms. The van der Waals surface area contributed by atoms with Gasteiger partial charge < -0.3 is 14.7 Å². The second-order valence-electron chi connectivity index (χ2n) is 7.40. The number of ether oxygens (including phenoxy) is 1. The van der Waals surface area contributed by atoms with Crippen molar-refractivity contribution < 1.29 is 23.0 Å². The Kier molecular flexibility index (Phi) is 6.57. The molecular weight excluding hydrogens is 501 g/mol. The van der Waals surface area contributed by atoms with E-state index in [1.807, 2.05) is 24.3 Å². The van der Waals surface area contributed by atoms with Crippen molar-refractivity contribution in [3.8, 4) is 5.75 Å². The molecule has 0 amide bonds. The van der Waals surface area contributed by atoms with E-state index >= 15 is 0 Å². The van der Waals surface area contributed by atoms with Crippen molar-refractivity contribution in [3.05, 3.63) is 87.8 Å². The maximum atomic E-state index is 13.8. The Morgan fingerprint density at radius 2 is 1.58 bits per heavy atom. The zero-order valence-corrected chi connectivity index (χ0v) is 19.1. The molecule has 2 aromatic carbocycles. The van der Waals surface area contributed by atoms with Gasteiger partial charge in [0.1, 0.15) is 22.2 Å². The molecule has 0 saturated heterocycles. The minimum Gasteiger partial charge on any atom is -0.497 e. The van der Waals surface area contributed by atoms with Gasteiger partial charge in [-0.2, -0.15) is 18.3 Å². The third kappa shape index (κ3) is 4.96. The van der Waals surface area contributed by atoms with Gasteiger partial charge in [0.25, 0.3) is 0 Å². The van der Waals surface area contributed by atoms with Crippen LogP contribution in [0.5, 0.6) is 5.75 Å². The van der Waals surface area contributed by atoms with E-state index in [9.17, 15) is 18.3 Å². The lowest BCUT2D eigenvalue weighted by molar-refractivity contribution is -0.136. The number of hydrogen-bond acceptors (Lipinski definition) is 5. The summed E-state index contributed by atoms with van der Waals surface area (Å²) in [4.78, 5) is 6.04. The molecule has 33 heavy (non-hydrogen) atoms. The minimum atomic E-state index is -4.58. The van der Waals surface area contributed by atoms with E-state index in [-0.39, 0.29) is 22.5 Å². The van der Waals surface area contributed by atoms with Gasteiger partial charge >= 0.3 is 6.18 Å². The van der Waals surface area contributed by atoms with Crippen molar-refractivity contribution in [2.24, 2.45) is 0 Å². The Labute approximate surface area is 196 Å². The molecular formula is C23H20BrF3N4O2. The minimum absolute atomic E-state index is 0.0878. The summed E-state index contributed by atoms with van der Waals surface area (Å²) in [5, 5.41) is 13.3. The number of anilines is 1. The van der Waals surface area contributed by atoms with Crippen molar-refractivity contribution >= 4 is 27.3 Å². The lowest BCUT2D eigenvalue weighted by Crippen LogP contribution is -2.25. The van der Waals surface area contributed by atoms with Crippen LogP contribution < -0.4 is 9.64 Å². The van der Waals surface area contributed by atoms with Gasteiger partial charge in [0.05, 0.1) is 19.3 Å². The Morgan fingerprint density at radius 3 is 2.12 bits per heavy atom. The number of aromatic nitrogens is 3. The standard InChI is InChI=1S/C23H20BrF3N4O2/c1-33-18-8-6-16(7-9-18)12-30(11-15-2-4-17(13-32)5-3-15)22-21-19(23(25,26)27)10-20(24)31(21)29-14-28-22/h2-10,14,32H,11-13H2,1H3. The fourth-order valence-electron chi connectivity index (χ4n) is 3.57. The maximum Gasteiger partial charge on any atom is 0.418 e. The van der Waals surface area contributed by atoms with Gasteiger partial charge in [-0.05, 0) is 50.8 Å². The Hall–Kier alpha value is -3.11. The van der Waals surface area contributed by atoms with Gasteiger partial charge in [0.2, 0.25) is 0 Å². The summed E-state index contributed by atoms with van der Waals surface area (Å²) in [7, 11) is 1.57. The fourth-order valence-corrected chi connectivity index (χ4v) is 4.06. The number of aliphatic hydroxyl groups is 1. The topological polar surface area (TPSA) is 62.9 Å². The monoisotopic (exact) mass is 520 g/mol. The average Bonchev–Trinajstić information content (AvgIpc) is 3.17. The highest BCUT2D eigenvalue weighted by Crippen LogP contribution is 2.39. The first-order chi connectivity index (χ1) is 15.8. The van der Waals surface area contributed by atoms with Crippen molar-refractivity contribution in [2.75, 3.05) is 12.0 Å². The lowest BCUT2D eigenvalue weighted by Gasteiger charge is -2.25. The van der Waals surface area contributed by atoms with Gasteiger partial charge in [-0.3, -0.25) is 0 Å². The summed E-state index contributed by atoms with van der Waals surface area (Å²) in [6.07, 6.45) is -3.34. The zero-order chi connectivity index (χ0) is 23.6. The van der Waals surface area contributed by atoms with Crippen molar-refractivity contribution in [1.29, 1.82) is 0 Å². The number of rotatable bonds is 7. The Morgan fingerprint density at radius 1 is 1.00 bits per heavy atom. The fraction of sp³-hybridized carbons (Fsp3) is 0.217. The van der Waals surface area contributed by atoms with Crippen LogP contribution in [0.4, 0.5) is 19.0 Å². The third-order valence-electron chi connectivity index (χ3n) is 5.21. The summed E-state index contributed by atoms with van der Waals surface area (Å²) >= 11 is 3.18. The molecule has 0 saturated carbocycles. The molecule has 2 heterocycles. The molecule has 172 valence electrons. The average molecular weight is 521 g/mol. The number of aliphatic hydroxyl groups excluding tert-OH is 1. The van der Waals surface area contributed by atoms with Gasteiger partial charge in [-0.1, -0.05) is 36.4 Å². The summed E-state index contributed by atoms with van der Waals surface area (Å²) in [5.41, 5.74) is 1.54. The Balaban J connectivity index is 1.81. The van der Waals surface area contributed by atoms with Crippen LogP contribution in [0.3, 0.4) is 0 Å². The molecule has 4 rings (SSSR count). The molecule has 0 radical (unpaired) electrons. The van der Waals surface area contributed by atoms with E-state index in [2.05, 4.69) is 26.0 Å². The van der Waals surface area contributed by atoms with Gasteiger partial charge in [-0.25, -0.2) is 9.50 Å². The molecule has 0 unspecified atom stereocenters. The SMILES string of the molecule is COc1ccc(CN(Cc2ccc(CO)cc2)c2ncnn3c(Br)cc(C(F)(F)F)c23)cc1. The van der Waals surface area contributed by atoms with E-state index in [4.69, 9.17) is 4.74 Å². The van der Waals surface area contributed by atoms with Crippen molar-refractivity contribution in [3.63, 3.8) is 0 Å². The van der Waals surface area contributed by atoms with Crippen LogP contribution in [0.1, 0.15) is 22.3 Å². The normalized spacial score (nSPS) is 11.7. The molecule has 10 heteroatoms. The first-order valence-electron chi connectivity index (χ1n) is 9.96. The maximum absolute atomic E-state index is 13.8. The second-order valence-corrected chi connectivity index (χ2v) is 8.21. The zero-order valence-electron chi connectivity index (χ0n) is 17.6. The molecule has 0 spiro atoms. The first kappa shape index (κ1) is 23.1. The highest BCUT2D eigenvalue weighted by molar-refractivity contribution is 9.10. The van der Waals surface area contributed by atoms with Gasteiger partial charge in [0.15, 0.2) is 5.82 Å². The number of fused-ring (bicyclic) bond motifs is 1. The summed E-state index contributed by atoms with van der Waals surface area (Å²) in [5.74, 6) is 0.842. The predicted molar refractivity (Wildman–Crippen MR) is 121 cm³/mol. The lowest BCUT2D eigenvalue weighted by atomic mass is 10.1. The van der Waals surface area contributed by atoms with Crippen LogP contribution in [0, 0.1) is 0 Å². The van der Waals surface area contributed by atoms with Crippen LogP contribution in [0.2, 0.25) is 0 Å². The molecule has 0 aliphatic rings. The molecule has 0 aliphatic heterocycles. The predicted octanol–water partition coefficient (Wildman–Crippen LogP) is 5.22. The van der Waals surface area contributed by atoms with Crippen molar-refractivity contribution in [2.45, 2.75) is 25.9 Å². The molecule has 6 nitrogen and oxygen atoms in total. The summed E-state index contributed by atoms with van der Waals surface area (Å²) in [6.45, 7) is 0.512. The summed E-state index contributed by atoms with van der Waals surface area (Å²) in [6, 6.07) is 15.6. The van der Waals surface area contributed by atoms with E-state index in [0.29, 0.717) is 18.8 Å². The van der Waals surface area contributed by atoms with Gasteiger partial charge in [0, 0.05) is 13.1 Å². The highest BCUT2D eigenvalue weighted by Gasteiger charge is 2.37. The van der Waals surface area contributed by atoms with E-state index in [1.54, 1.807) is 36.3 Å². The first-order valence-corrected chi connectivity index (χ1v) is 10.8.